The van der Waals surface area contributed by atoms with Crippen molar-refractivity contribution >= 4 is 27.5 Å². The zero-order chi connectivity index (χ0) is 14.8. The van der Waals surface area contributed by atoms with Crippen molar-refractivity contribution in [3.8, 4) is 5.75 Å². The molecule has 0 bridgehead atoms. The summed E-state index contributed by atoms with van der Waals surface area (Å²) in [4.78, 5) is 0.420. The minimum Gasteiger partial charge on any atom is -0.495 e. The van der Waals surface area contributed by atoms with Gasteiger partial charge in [-0.15, -0.1) is 0 Å². The topological polar surface area (TPSA) is 9.23 Å². The molecule has 0 aromatic heterocycles. The van der Waals surface area contributed by atoms with Crippen LogP contribution in [0.25, 0.3) is 0 Å². The Labute approximate surface area is 141 Å². The van der Waals surface area contributed by atoms with Crippen molar-refractivity contribution in [1.29, 1.82) is 0 Å². The molecule has 2 saturated carbocycles. The Balaban J connectivity index is 1.70. The van der Waals surface area contributed by atoms with Crippen LogP contribution in [0.2, 0.25) is 5.02 Å². The van der Waals surface area contributed by atoms with Crippen LogP contribution in [0.1, 0.15) is 55.3 Å². The molecule has 1 aromatic carbocycles. The van der Waals surface area contributed by atoms with Crippen molar-refractivity contribution < 1.29 is 4.74 Å². The Bertz CT molecular complexity index is 490. The van der Waals surface area contributed by atoms with Gasteiger partial charge in [-0.1, -0.05) is 59.3 Å². The van der Waals surface area contributed by atoms with Gasteiger partial charge in [-0.05, 0) is 54.7 Å². The van der Waals surface area contributed by atoms with E-state index in [1.165, 1.54) is 50.5 Å². The molecular weight excluding hydrogens is 348 g/mol. The number of hydrogen-bond acceptors (Lipinski definition) is 1. The Morgan fingerprint density at radius 1 is 1.14 bits per heavy atom. The Morgan fingerprint density at radius 3 is 2.62 bits per heavy atom. The zero-order valence-corrected chi connectivity index (χ0v) is 15.0. The number of hydrogen-bond donors (Lipinski definition) is 0. The zero-order valence-electron chi connectivity index (χ0n) is 12.7. The summed E-state index contributed by atoms with van der Waals surface area (Å²) in [5, 5.41) is 0.714. The van der Waals surface area contributed by atoms with Crippen molar-refractivity contribution in [2.24, 2.45) is 17.8 Å². The third-order valence-electron chi connectivity index (χ3n) is 5.49. The van der Waals surface area contributed by atoms with Gasteiger partial charge in [0.2, 0.25) is 0 Å². The number of methoxy groups -OCH3 is 1. The predicted molar refractivity (Wildman–Crippen MR) is 92.5 cm³/mol. The maximum absolute atomic E-state index is 6.28. The van der Waals surface area contributed by atoms with E-state index in [9.17, 15) is 0 Å². The predicted octanol–water partition coefficient (Wildman–Crippen LogP) is 6.39. The number of halogens is 2. The highest BCUT2D eigenvalue weighted by Gasteiger charge is 2.35. The maximum Gasteiger partial charge on any atom is 0.137 e. The van der Waals surface area contributed by atoms with Crippen LogP contribution in [0.3, 0.4) is 0 Å². The van der Waals surface area contributed by atoms with Crippen LogP contribution in [0, 0.1) is 17.8 Å². The lowest BCUT2D eigenvalue weighted by Crippen LogP contribution is -2.29. The number of fused-ring (bicyclic) bond motifs is 1. The van der Waals surface area contributed by atoms with E-state index < -0.39 is 0 Å². The minimum atomic E-state index is 0.420. The minimum absolute atomic E-state index is 0.420. The summed E-state index contributed by atoms with van der Waals surface area (Å²) in [6.45, 7) is 0. The van der Waals surface area contributed by atoms with Crippen molar-refractivity contribution in [3.05, 3.63) is 28.8 Å². The van der Waals surface area contributed by atoms with Crippen LogP contribution in [0.4, 0.5) is 0 Å². The molecule has 3 rings (SSSR count). The number of rotatable bonds is 3. The first kappa shape index (κ1) is 15.7. The van der Waals surface area contributed by atoms with Crippen LogP contribution < -0.4 is 4.74 Å². The first-order valence-corrected chi connectivity index (χ1v) is 9.46. The average Bonchev–Trinajstić information content (AvgIpc) is 2.53. The Hall–Kier alpha value is -0.210. The summed E-state index contributed by atoms with van der Waals surface area (Å²) in [6.07, 6.45) is 9.96. The summed E-state index contributed by atoms with van der Waals surface area (Å²) in [5.74, 6) is 3.48. The van der Waals surface area contributed by atoms with E-state index in [2.05, 4.69) is 28.1 Å². The lowest BCUT2D eigenvalue weighted by atomic mass is 9.66. The molecule has 4 atom stereocenters. The molecule has 0 amide bonds. The fourth-order valence-electron chi connectivity index (χ4n) is 4.30. The number of alkyl halides is 1. The van der Waals surface area contributed by atoms with E-state index in [4.69, 9.17) is 16.3 Å². The second kappa shape index (κ2) is 6.91. The van der Waals surface area contributed by atoms with Gasteiger partial charge >= 0.3 is 0 Å². The van der Waals surface area contributed by atoms with Gasteiger partial charge in [0.05, 0.1) is 12.1 Å². The molecule has 2 aliphatic carbocycles. The van der Waals surface area contributed by atoms with Crippen LogP contribution >= 0.6 is 27.5 Å². The van der Waals surface area contributed by atoms with Crippen molar-refractivity contribution in [3.63, 3.8) is 0 Å². The van der Waals surface area contributed by atoms with Gasteiger partial charge in [-0.25, -0.2) is 0 Å². The fraction of sp³-hybridized carbons (Fsp3) is 0.667. The quantitative estimate of drug-likeness (QED) is 0.559. The monoisotopic (exact) mass is 370 g/mol. The largest absolute Gasteiger partial charge is 0.495 e. The highest BCUT2D eigenvalue weighted by atomic mass is 79.9. The smallest absolute Gasteiger partial charge is 0.137 e. The number of ether oxygens (including phenoxy) is 1. The van der Waals surface area contributed by atoms with Gasteiger partial charge in [0.25, 0.3) is 0 Å². The molecule has 116 valence electrons. The lowest BCUT2D eigenvalue weighted by molar-refractivity contribution is 0.129. The molecule has 0 aliphatic heterocycles. The molecule has 0 spiro atoms. The van der Waals surface area contributed by atoms with Gasteiger partial charge < -0.3 is 4.74 Å². The Morgan fingerprint density at radius 2 is 1.90 bits per heavy atom. The van der Waals surface area contributed by atoms with E-state index in [0.717, 1.165) is 23.5 Å². The van der Waals surface area contributed by atoms with E-state index in [1.54, 1.807) is 7.11 Å². The lowest BCUT2D eigenvalue weighted by Gasteiger charge is -2.41. The van der Waals surface area contributed by atoms with Crippen molar-refractivity contribution in [1.82, 2.24) is 0 Å². The molecule has 1 aromatic rings. The van der Waals surface area contributed by atoms with Gasteiger partial charge in [0.15, 0.2) is 0 Å². The van der Waals surface area contributed by atoms with Crippen molar-refractivity contribution in [2.75, 3.05) is 7.11 Å². The molecular formula is C18H24BrClO. The van der Waals surface area contributed by atoms with Gasteiger partial charge in [-0.3, -0.25) is 0 Å². The SMILES string of the molecule is COc1ccc(C(Br)C2CCC3CCCCC3C2)cc1Cl. The summed E-state index contributed by atoms with van der Waals surface area (Å²) in [7, 11) is 1.66. The van der Waals surface area contributed by atoms with E-state index in [0.29, 0.717) is 9.85 Å². The third-order valence-corrected chi connectivity index (χ3v) is 7.06. The summed E-state index contributed by atoms with van der Waals surface area (Å²) in [6, 6.07) is 6.20. The molecule has 2 fully saturated rings. The van der Waals surface area contributed by atoms with Crippen LogP contribution in [-0.4, -0.2) is 7.11 Å². The van der Waals surface area contributed by atoms with Crippen LogP contribution in [0.15, 0.2) is 18.2 Å². The molecule has 2 aliphatic rings. The van der Waals surface area contributed by atoms with E-state index in [-0.39, 0.29) is 0 Å². The summed E-state index contributed by atoms with van der Waals surface area (Å²) in [5.41, 5.74) is 1.29. The first-order chi connectivity index (χ1) is 10.2. The average molecular weight is 372 g/mol. The van der Waals surface area contributed by atoms with E-state index in [1.807, 2.05) is 6.07 Å². The summed E-state index contributed by atoms with van der Waals surface area (Å²) >= 11 is 10.2. The molecule has 0 heterocycles. The maximum atomic E-state index is 6.28. The Kier molecular flexibility index (Phi) is 5.16. The highest BCUT2D eigenvalue weighted by Crippen LogP contribution is 2.49. The molecule has 1 nitrogen and oxygen atoms in total. The fourth-order valence-corrected chi connectivity index (χ4v) is 5.33. The summed E-state index contributed by atoms with van der Waals surface area (Å²) < 4.78 is 5.25. The third kappa shape index (κ3) is 3.42. The standard InChI is InChI=1S/C18H24BrClO/c1-21-17-9-8-15(11-16(17)20)18(19)14-7-6-12-4-2-3-5-13(12)10-14/h8-9,11-14,18H,2-7,10H2,1H3. The molecule has 3 heteroatoms. The van der Waals surface area contributed by atoms with Gasteiger partial charge in [-0.2, -0.15) is 0 Å². The molecule has 0 radical (unpaired) electrons. The molecule has 0 saturated heterocycles. The first-order valence-electron chi connectivity index (χ1n) is 8.16. The van der Waals surface area contributed by atoms with Crippen LogP contribution in [0.5, 0.6) is 5.75 Å². The highest BCUT2D eigenvalue weighted by molar-refractivity contribution is 9.09. The normalized spacial score (nSPS) is 30.5. The molecule has 0 N–H and O–H groups in total. The van der Waals surface area contributed by atoms with Gasteiger partial charge in [0.1, 0.15) is 5.75 Å². The molecule has 4 unspecified atom stereocenters. The second-order valence-corrected chi connectivity index (χ2v) is 8.07. The second-order valence-electron chi connectivity index (χ2n) is 6.67. The van der Waals surface area contributed by atoms with Crippen molar-refractivity contribution in [2.45, 2.75) is 49.8 Å². The van der Waals surface area contributed by atoms with E-state index >= 15 is 0 Å². The molecule has 21 heavy (non-hydrogen) atoms. The van der Waals surface area contributed by atoms with Gasteiger partial charge in [0, 0.05) is 4.83 Å². The van der Waals surface area contributed by atoms with Crippen LogP contribution in [-0.2, 0) is 0 Å². The number of benzene rings is 1.